The largest absolute Gasteiger partial charge is 0.325 e. The van der Waals surface area contributed by atoms with E-state index < -0.39 is 0 Å². The molecule has 0 spiro atoms. The lowest BCUT2D eigenvalue weighted by Crippen LogP contribution is -2.15. The molecule has 0 aliphatic carbocycles. The summed E-state index contributed by atoms with van der Waals surface area (Å²) in [6, 6.07) is 6.39. The molecule has 0 atom stereocenters. The molecule has 0 fully saturated rings. The van der Waals surface area contributed by atoms with Crippen LogP contribution in [0.3, 0.4) is 0 Å². The van der Waals surface area contributed by atoms with E-state index in [0.29, 0.717) is 9.45 Å². The lowest BCUT2D eigenvalue weighted by molar-refractivity contribution is 1.02. The molecule has 106 valence electrons. The van der Waals surface area contributed by atoms with Crippen LogP contribution >= 0.6 is 46.0 Å². The maximum absolute atomic E-state index is 11.9. The second-order valence-corrected chi connectivity index (χ2v) is 7.19. The molecule has 0 aliphatic rings. The Morgan fingerprint density at radius 3 is 2.35 bits per heavy atom. The van der Waals surface area contributed by atoms with Gasteiger partial charge in [0.25, 0.3) is 5.56 Å². The predicted molar refractivity (Wildman–Crippen MR) is 94.1 cm³/mol. The van der Waals surface area contributed by atoms with Crippen LogP contribution in [0.15, 0.2) is 32.8 Å². The summed E-state index contributed by atoms with van der Waals surface area (Å²) in [6.45, 7) is 6.04. The minimum Gasteiger partial charge on any atom is -0.325 e. The van der Waals surface area contributed by atoms with E-state index in [4.69, 9.17) is 11.6 Å². The Morgan fingerprint density at radius 1 is 1.20 bits per heavy atom. The van der Waals surface area contributed by atoms with Gasteiger partial charge in [-0.1, -0.05) is 17.8 Å². The number of halogens is 2. The predicted octanol–water partition coefficient (Wildman–Crippen LogP) is 4.79. The van der Waals surface area contributed by atoms with Crippen molar-refractivity contribution in [2.45, 2.75) is 36.4 Å². The number of nitrogens with one attached hydrogen (secondary N) is 1. The maximum atomic E-state index is 11.9. The summed E-state index contributed by atoms with van der Waals surface area (Å²) >= 11 is 9.75. The highest BCUT2D eigenvalue weighted by Crippen LogP contribution is 2.35. The fraction of sp³-hybridized carbons (Fsp3) is 0.267. The van der Waals surface area contributed by atoms with Gasteiger partial charge in [-0.2, -0.15) is 0 Å². The first-order chi connectivity index (χ1) is 9.42. The summed E-state index contributed by atoms with van der Waals surface area (Å²) in [5.74, 6) is 0.395. The van der Waals surface area contributed by atoms with Gasteiger partial charge in [0.15, 0.2) is 0 Å². The van der Waals surface area contributed by atoms with E-state index in [0.717, 1.165) is 21.0 Å². The molecule has 2 aromatic rings. The second-order valence-electron chi connectivity index (χ2n) is 4.76. The fourth-order valence-corrected chi connectivity index (χ4v) is 4.54. The molecule has 1 heterocycles. The van der Waals surface area contributed by atoms with Crippen LogP contribution in [0.5, 0.6) is 0 Å². The molecule has 0 amide bonds. The fourth-order valence-electron chi connectivity index (χ4n) is 2.08. The molecule has 0 radical (unpaired) electrons. The minimum atomic E-state index is -0.0520. The lowest BCUT2D eigenvalue weighted by Gasteiger charge is -2.12. The van der Waals surface area contributed by atoms with Gasteiger partial charge in [-0.15, -0.1) is 11.6 Å². The first-order valence-electron chi connectivity index (χ1n) is 6.15. The number of rotatable bonds is 3. The van der Waals surface area contributed by atoms with Crippen molar-refractivity contribution < 1.29 is 0 Å². The summed E-state index contributed by atoms with van der Waals surface area (Å²) in [5, 5.41) is 0. The lowest BCUT2D eigenvalue weighted by atomic mass is 10.2. The van der Waals surface area contributed by atoms with Gasteiger partial charge < -0.3 is 4.98 Å². The number of hydrogen-bond acceptors (Lipinski definition) is 2. The van der Waals surface area contributed by atoms with Gasteiger partial charge in [0.1, 0.15) is 0 Å². The molecular formula is C15H15ClINOS. The quantitative estimate of drug-likeness (QED) is 0.573. The summed E-state index contributed by atoms with van der Waals surface area (Å²) < 4.78 is 0.702. The summed E-state index contributed by atoms with van der Waals surface area (Å²) in [6.07, 6.45) is 0. The molecule has 20 heavy (non-hydrogen) atoms. The van der Waals surface area contributed by atoms with Gasteiger partial charge in [-0.25, -0.2) is 0 Å². The maximum Gasteiger partial charge on any atom is 0.262 e. The summed E-state index contributed by atoms with van der Waals surface area (Å²) in [4.78, 5) is 16.9. The Balaban J connectivity index is 2.55. The summed E-state index contributed by atoms with van der Waals surface area (Å²) in [5.41, 5.74) is 4.23. The number of alkyl halides is 1. The van der Waals surface area contributed by atoms with E-state index in [1.165, 1.54) is 11.1 Å². The second kappa shape index (κ2) is 6.54. The van der Waals surface area contributed by atoms with Crippen molar-refractivity contribution in [1.29, 1.82) is 0 Å². The smallest absolute Gasteiger partial charge is 0.262 e. The van der Waals surface area contributed by atoms with Gasteiger partial charge in [0.2, 0.25) is 0 Å². The number of aryl methyl sites for hydroxylation is 3. The van der Waals surface area contributed by atoms with Crippen LogP contribution in [0.25, 0.3) is 0 Å². The number of pyridine rings is 1. The molecule has 0 aliphatic heterocycles. The zero-order valence-electron chi connectivity index (χ0n) is 11.5. The number of hydrogen-bond donors (Lipinski definition) is 1. The molecule has 5 heteroatoms. The van der Waals surface area contributed by atoms with Gasteiger partial charge in [0.05, 0.1) is 9.45 Å². The standard InChI is InChI=1S/C15H15ClINOS/c1-8-4-9(2)6-11(5-8)20-14-12(7-16)10(3)18-15(19)13(14)17/h4-6H,7H2,1-3H3,(H,18,19). The van der Waals surface area contributed by atoms with Crippen LogP contribution in [-0.4, -0.2) is 4.98 Å². The molecule has 0 saturated carbocycles. The normalized spacial score (nSPS) is 10.8. The van der Waals surface area contributed by atoms with Gasteiger partial charge in [0, 0.05) is 21.0 Å². The van der Waals surface area contributed by atoms with E-state index in [9.17, 15) is 4.79 Å². The molecule has 0 saturated heterocycles. The average molecular weight is 420 g/mol. The molecule has 1 N–H and O–H groups in total. The van der Waals surface area contributed by atoms with Crippen LogP contribution in [0.2, 0.25) is 0 Å². The SMILES string of the molecule is Cc1cc(C)cc(Sc2c(CCl)c(C)[nH]c(=O)c2I)c1. The van der Waals surface area contributed by atoms with E-state index in [-0.39, 0.29) is 5.56 Å². The van der Waals surface area contributed by atoms with Gasteiger partial charge in [-0.3, -0.25) is 4.79 Å². The minimum absolute atomic E-state index is 0.0520. The third-order valence-electron chi connectivity index (χ3n) is 2.98. The van der Waals surface area contributed by atoms with Crippen molar-refractivity contribution >= 4 is 46.0 Å². The Hall–Kier alpha value is -0.460. The molecule has 2 nitrogen and oxygen atoms in total. The topological polar surface area (TPSA) is 32.9 Å². The van der Waals surface area contributed by atoms with Crippen molar-refractivity contribution in [1.82, 2.24) is 4.98 Å². The van der Waals surface area contributed by atoms with E-state index in [2.05, 4.69) is 59.6 Å². The first kappa shape index (κ1) is 15.9. The molecular weight excluding hydrogens is 405 g/mol. The Kier molecular flexibility index (Phi) is 5.20. The van der Waals surface area contributed by atoms with Gasteiger partial charge >= 0.3 is 0 Å². The molecule has 1 aromatic heterocycles. The molecule has 0 bridgehead atoms. The number of aromatic amines is 1. The number of aromatic nitrogens is 1. The van der Waals surface area contributed by atoms with Crippen molar-refractivity contribution in [3.63, 3.8) is 0 Å². The average Bonchev–Trinajstić information content (AvgIpc) is 2.34. The van der Waals surface area contributed by atoms with Crippen LogP contribution in [0.1, 0.15) is 22.4 Å². The molecule has 1 aromatic carbocycles. The Morgan fingerprint density at radius 2 is 1.80 bits per heavy atom. The van der Waals surface area contributed by atoms with Crippen LogP contribution in [-0.2, 0) is 5.88 Å². The van der Waals surface area contributed by atoms with Crippen LogP contribution in [0.4, 0.5) is 0 Å². The van der Waals surface area contributed by atoms with Crippen molar-refractivity contribution in [3.8, 4) is 0 Å². The van der Waals surface area contributed by atoms with Crippen molar-refractivity contribution in [2.24, 2.45) is 0 Å². The van der Waals surface area contributed by atoms with E-state index in [1.807, 2.05) is 6.92 Å². The number of H-pyrrole nitrogens is 1. The molecule has 0 unspecified atom stereocenters. The zero-order valence-corrected chi connectivity index (χ0v) is 15.2. The molecule has 2 rings (SSSR count). The monoisotopic (exact) mass is 419 g/mol. The van der Waals surface area contributed by atoms with Crippen molar-refractivity contribution in [3.05, 3.63) is 54.5 Å². The highest BCUT2D eigenvalue weighted by atomic mass is 127. The highest BCUT2D eigenvalue weighted by Gasteiger charge is 2.14. The van der Waals surface area contributed by atoms with Crippen LogP contribution in [0, 0.1) is 24.3 Å². The third kappa shape index (κ3) is 3.40. The Labute approximate surface area is 141 Å². The van der Waals surface area contributed by atoms with Crippen molar-refractivity contribution in [2.75, 3.05) is 0 Å². The van der Waals surface area contributed by atoms with Crippen LogP contribution < -0.4 is 5.56 Å². The number of benzene rings is 1. The third-order valence-corrected chi connectivity index (χ3v) is 5.76. The Bertz CT molecular complexity index is 692. The first-order valence-corrected chi connectivity index (χ1v) is 8.58. The van der Waals surface area contributed by atoms with E-state index in [1.54, 1.807) is 11.8 Å². The highest BCUT2D eigenvalue weighted by molar-refractivity contribution is 14.1. The van der Waals surface area contributed by atoms with E-state index >= 15 is 0 Å². The zero-order chi connectivity index (χ0) is 14.9. The summed E-state index contributed by atoms with van der Waals surface area (Å²) in [7, 11) is 0. The van der Waals surface area contributed by atoms with Gasteiger partial charge in [-0.05, 0) is 66.6 Å².